The topological polar surface area (TPSA) is 108 Å². The van der Waals surface area contributed by atoms with Crippen LogP contribution < -0.4 is 37.9 Å². The van der Waals surface area contributed by atoms with Crippen molar-refractivity contribution in [3.05, 3.63) is 58.7 Å². The molecule has 0 aliphatic heterocycles. The molecule has 0 spiro atoms. The fraction of sp³-hybridized carbons (Fsp3) is 0.286. The molecule has 0 heterocycles. The quantitative estimate of drug-likeness (QED) is 0.278. The smallest absolute Gasteiger partial charge is 0.203 e. The van der Waals surface area contributed by atoms with Gasteiger partial charge in [-0.25, -0.2) is 0 Å². The Bertz CT molecular complexity index is 1140. The zero-order chi connectivity index (χ0) is 27.7. The molecule has 202 valence electrons. The average molecular weight is 527 g/mol. The third kappa shape index (κ3) is 6.03. The van der Waals surface area contributed by atoms with Crippen LogP contribution in [0.5, 0.6) is 46.0 Å². The fourth-order valence-corrected chi connectivity index (χ4v) is 3.77. The standard InChI is InChI=1S/C28H30O10/c1-31-21-11-20(16-38-28-25(35-5)9-18(14-30)10-26(28)36-6)22(32-2)12-19(21)15-37-27-23(33-3)7-17(13-29)8-24(27)34-4/h7-14H,15-16H2,1-6H3. The fourth-order valence-electron chi connectivity index (χ4n) is 3.77. The number of hydrogen-bond donors (Lipinski definition) is 0. The molecule has 0 aliphatic rings. The van der Waals surface area contributed by atoms with Crippen LogP contribution in [0.2, 0.25) is 0 Å². The van der Waals surface area contributed by atoms with E-state index >= 15 is 0 Å². The highest BCUT2D eigenvalue weighted by Crippen LogP contribution is 2.41. The van der Waals surface area contributed by atoms with Gasteiger partial charge < -0.3 is 37.9 Å². The van der Waals surface area contributed by atoms with Crippen LogP contribution >= 0.6 is 0 Å². The number of benzene rings is 3. The van der Waals surface area contributed by atoms with Gasteiger partial charge in [0.15, 0.2) is 23.0 Å². The van der Waals surface area contributed by atoms with Gasteiger partial charge in [-0.15, -0.1) is 0 Å². The summed E-state index contributed by atoms with van der Waals surface area (Å²) in [7, 11) is 8.99. The summed E-state index contributed by atoms with van der Waals surface area (Å²) >= 11 is 0. The van der Waals surface area contributed by atoms with Crippen molar-refractivity contribution in [3.8, 4) is 46.0 Å². The van der Waals surface area contributed by atoms with Crippen LogP contribution in [0.4, 0.5) is 0 Å². The number of carbonyl (C=O) groups is 2. The Labute approximate surface area is 220 Å². The van der Waals surface area contributed by atoms with Gasteiger partial charge in [0.25, 0.3) is 0 Å². The number of ether oxygens (including phenoxy) is 8. The Morgan fingerprint density at radius 2 is 0.763 bits per heavy atom. The lowest BCUT2D eigenvalue weighted by molar-refractivity contribution is 0.111. The second kappa shape index (κ2) is 13.1. The lowest BCUT2D eigenvalue weighted by Gasteiger charge is -2.19. The summed E-state index contributed by atoms with van der Waals surface area (Å²) in [5, 5.41) is 0. The van der Waals surface area contributed by atoms with E-state index in [2.05, 4.69) is 0 Å². The SMILES string of the molecule is COc1cc(COc2c(OC)cc(C=O)cc2OC)c(OC)cc1COc1c(OC)cc(C=O)cc1OC. The van der Waals surface area contributed by atoms with Crippen LogP contribution in [-0.2, 0) is 13.2 Å². The van der Waals surface area contributed by atoms with Crippen molar-refractivity contribution in [1.82, 2.24) is 0 Å². The highest BCUT2D eigenvalue weighted by molar-refractivity contribution is 5.79. The van der Waals surface area contributed by atoms with Crippen LogP contribution in [-0.4, -0.2) is 55.2 Å². The van der Waals surface area contributed by atoms with Gasteiger partial charge in [-0.3, -0.25) is 9.59 Å². The first kappa shape index (κ1) is 28.0. The molecule has 10 heteroatoms. The minimum Gasteiger partial charge on any atom is -0.496 e. The number of carbonyl (C=O) groups excluding carboxylic acids is 2. The average Bonchev–Trinajstić information content (AvgIpc) is 2.97. The molecule has 0 aromatic heterocycles. The number of hydrogen-bond acceptors (Lipinski definition) is 10. The largest absolute Gasteiger partial charge is 0.496 e. The minimum absolute atomic E-state index is 0.0859. The molecule has 0 aliphatic carbocycles. The summed E-state index contributed by atoms with van der Waals surface area (Å²) in [6, 6.07) is 9.81. The van der Waals surface area contributed by atoms with Gasteiger partial charge in [0.2, 0.25) is 11.5 Å². The number of aldehydes is 2. The van der Waals surface area contributed by atoms with Gasteiger partial charge in [0.1, 0.15) is 37.3 Å². The monoisotopic (exact) mass is 526 g/mol. The Balaban J connectivity index is 1.90. The predicted octanol–water partition coefficient (Wildman–Crippen LogP) is 4.52. The van der Waals surface area contributed by atoms with Gasteiger partial charge in [0, 0.05) is 22.3 Å². The number of methoxy groups -OCH3 is 6. The van der Waals surface area contributed by atoms with E-state index in [1.165, 1.54) is 28.4 Å². The molecule has 3 rings (SSSR count). The highest BCUT2D eigenvalue weighted by Gasteiger charge is 2.19. The molecule has 3 aromatic carbocycles. The molecular formula is C28H30O10. The molecule has 0 saturated carbocycles. The molecule has 0 atom stereocenters. The van der Waals surface area contributed by atoms with Crippen LogP contribution in [0.25, 0.3) is 0 Å². The normalized spacial score (nSPS) is 10.3. The third-order valence-electron chi connectivity index (χ3n) is 5.67. The van der Waals surface area contributed by atoms with Crippen molar-refractivity contribution in [2.75, 3.05) is 42.7 Å². The van der Waals surface area contributed by atoms with E-state index in [9.17, 15) is 9.59 Å². The first-order chi connectivity index (χ1) is 18.5. The van der Waals surface area contributed by atoms with Gasteiger partial charge in [0.05, 0.1) is 42.7 Å². The van der Waals surface area contributed by atoms with Crippen molar-refractivity contribution < 1.29 is 47.5 Å². The lowest BCUT2D eigenvalue weighted by atomic mass is 10.1. The second-order valence-corrected chi connectivity index (χ2v) is 7.80. The number of rotatable bonds is 14. The summed E-state index contributed by atoms with van der Waals surface area (Å²) in [6.45, 7) is 0.172. The Hall–Kier alpha value is -4.60. The Morgan fingerprint density at radius 3 is 1.00 bits per heavy atom. The molecule has 0 fully saturated rings. The zero-order valence-corrected chi connectivity index (χ0v) is 22.1. The first-order valence-electron chi connectivity index (χ1n) is 11.4. The van der Waals surface area contributed by atoms with Crippen molar-refractivity contribution in [3.63, 3.8) is 0 Å². The van der Waals surface area contributed by atoms with Crippen LogP contribution in [0, 0.1) is 0 Å². The first-order valence-corrected chi connectivity index (χ1v) is 11.4. The molecule has 0 radical (unpaired) electrons. The van der Waals surface area contributed by atoms with Gasteiger partial charge >= 0.3 is 0 Å². The molecule has 0 saturated heterocycles. The molecule has 0 unspecified atom stereocenters. The lowest BCUT2D eigenvalue weighted by Crippen LogP contribution is -2.06. The predicted molar refractivity (Wildman–Crippen MR) is 138 cm³/mol. The maximum absolute atomic E-state index is 11.2. The van der Waals surface area contributed by atoms with Crippen molar-refractivity contribution in [1.29, 1.82) is 0 Å². The van der Waals surface area contributed by atoms with Crippen LogP contribution in [0.3, 0.4) is 0 Å². The van der Waals surface area contributed by atoms with Crippen LogP contribution in [0.1, 0.15) is 31.8 Å². The summed E-state index contributed by atoms with van der Waals surface area (Å²) in [5.41, 5.74) is 2.15. The van der Waals surface area contributed by atoms with E-state index in [0.29, 0.717) is 80.8 Å². The maximum Gasteiger partial charge on any atom is 0.203 e. The summed E-state index contributed by atoms with van der Waals surface area (Å²) < 4.78 is 44.8. The summed E-state index contributed by atoms with van der Waals surface area (Å²) in [5.74, 6) is 3.15. The summed E-state index contributed by atoms with van der Waals surface area (Å²) in [6.07, 6.45) is 1.40. The van der Waals surface area contributed by atoms with E-state index in [-0.39, 0.29) is 13.2 Å². The van der Waals surface area contributed by atoms with Crippen molar-refractivity contribution >= 4 is 12.6 Å². The van der Waals surface area contributed by atoms with Crippen molar-refractivity contribution in [2.45, 2.75) is 13.2 Å². The zero-order valence-electron chi connectivity index (χ0n) is 22.1. The molecule has 0 N–H and O–H groups in total. The molecule has 10 nitrogen and oxygen atoms in total. The maximum atomic E-state index is 11.2. The minimum atomic E-state index is 0.0859. The van der Waals surface area contributed by atoms with E-state index in [0.717, 1.165) is 0 Å². The van der Waals surface area contributed by atoms with E-state index in [4.69, 9.17) is 37.9 Å². The highest BCUT2D eigenvalue weighted by atomic mass is 16.5. The van der Waals surface area contributed by atoms with E-state index < -0.39 is 0 Å². The second-order valence-electron chi connectivity index (χ2n) is 7.80. The summed E-state index contributed by atoms with van der Waals surface area (Å²) in [4.78, 5) is 22.5. The molecule has 3 aromatic rings. The third-order valence-corrected chi connectivity index (χ3v) is 5.67. The van der Waals surface area contributed by atoms with Gasteiger partial charge in [-0.2, -0.15) is 0 Å². The molecule has 0 amide bonds. The molecule has 0 bridgehead atoms. The van der Waals surface area contributed by atoms with Gasteiger partial charge in [-0.1, -0.05) is 0 Å². The molecular weight excluding hydrogens is 496 g/mol. The van der Waals surface area contributed by atoms with Crippen LogP contribution in [0.15, 0.2) is 36.4 Å². The van der Waals surface area contributed by atoms with Gasteiger partial charge in [-0.05, 0) is 36.4 Å². The van der Waals surface area contributed by atoms with E-state index in [1.807, 2.05) is 0 Å². The van der Waals surface area contributed by atoms with E-state index in [1.54, 1.807) is 50.6 Å². The Morgan fingerprint density at radius 1 is 0.474 bits per heavy atom. The molecule has 38 heavy (non-hydrogen) atoms. The Kier molecular flexibility index (Phi) is 9.64. The van der Waals surface area contributed by atoms with Crippen molar-refractivity contribution in [2.24, 2.45) is 0 Å².